The standard InChI is InChI=1S/C11H12ClSi/c1-3-9-13(12)11-8-6-5-7-10(11)4-2/h3-8H,1-2,9H2. The number of rotatable bonds is 4. The van der Waals surface area contributed by atoms with Gasteiger partial charge in [0.25, 0.3) is 0 Å². The first-order chi connectivity index (χ1) is 6.29. The predicted octanol–water partition coefficient (Wildman–Crippen LogP) is 2.95. The lowest BCUT2D eigenvalue weighted by Crippen LogP contribution is -2.25. The van der Waals surface area contributed by atoms with Gasteiger partial charge in [-0.15, -0.1) is 6.58 Å². The lowest BCUT2D eigenvalue weighted by Gasteiger charge is -2.07. The fourth-order valence-corrected chi connectivity index (χ4v) is 3.25. The highest BCUT2D eigenvalue weighted by atomic mass is 35.6. The highest BCUT2D eigenvalue weighted by Crippen LogP contribution is 2.06. The molecule has 0 fully saturated rings. The molecule has 0 bridgehead atoms. The van der Waals surface area contributed by atoms with Crippen molar-refractivity contribution in [1.82, 2.24) is 0 Å². The van der Waals surface area contributed by atoms with E-state index in [-0.39, 0.29) is 0 Å². The average molecular weight is 208 g/mol. The molecule has 1 aromatic carbocycles. The second kappa shape index (κ2) is 5.05. The minimum Gasteiger partial charge on any atom is -0.162 e. The monoisotopic (exact) mass is 207 g/mol. The Morgan fingerprint density at radius 3 is 2.62 bits per heavy atom. The Morgan fingerprint density at radius 2 is 2.00 bits per heavy atom. The third kappa shape index (κ3) is 2.58. The molecule has 0 heterocycles. The molecule has 0 spiro atoms. The third-order valence-electron chi connectivity index (χ3n) is 1.80. The molecule has 0 aliphatic rings. The number of benzene rings is 1. The molecule has 0 N–H and O–H groups in total. The van der Waals surface area contributed by atoms with Crippen LogP contribution in [0.2, 0.25) is 6.04 Å². The molecule has 1 radical (unpaired) electrons. The molecule has 0 saturated heterocycles. The van der Waals surface area contributed by atoms with E-state index in [9.17, 15) is 0 Å². The maximum atomic E-state index is 6.27. The first kappa shape index (κ1) is 10.3. The number of hydrogen-bond acceptors (Lipinski definition) is 0. The number of halogens is 1. The van der Waals surface area contributed by atoms with Crippen LogP contribution in [0.1, 0.15) is 5.56 Å². The van der Waals surface area contributed by atoms with Crippen molar-refractivity contribution in [1.29, 1.82) is 0 Å². The molecule has 13 heavy (non-hydrogen) atoms. The minimum absolute atomic E-state index is 0.886. The molecule has 2 heteroatoms. The lowest BCUT2D eigenvalue weighted by molar-refractivity contribution is 1.66. The van der Waals surface area contributed by atoms with Crippen LogP contribution < -0.4 is 5.19 Å². The van der Waals surface area contributed by atoms with E-state index in [1.54, 1.807) is 0 Å². The van der Waals surface area contributed by atoms with E-state index in [4.69, 9.17) is 11.1 Å². The molecule has 0 amide bonds. The molecule has 0 aliphatic heterocycles. The zero-order chi connectivity index (χ0) is 9.68. The smallest absolute Gasteiger partial charge is 0.162 e. The zero-order valence-electron chi connectivity index (χ0n) is 7.46. The van der Waals surface area contributed by atoms with Crippen LogP contribution in [0.3, 0.4) is 0 Å². The van der Waals surface area contributed by atoms with E-state index in [0.717, 1.165) is 11.6 Å². The first-order valence-electron chi connectivity index (χ1n) is 4.13. The SMILES string of the molecule is C=CC[Si](Cl)c1ccccc1C=C. The van der Waals surface area contributed by atoms with Gasteiger partial charge in [-0.05, 0) is 16.8 Å². The van der Waals surface area contributed by atoms with E-state index < -0.39 is 8.11 Å². The van der Waals surface area contributed by atoms with Gasteiger partial charge in [-0.3, -0.25) is 0 Å². The van der Waals surface area contributed by atoms with Crippen molar-refractivity contribution in [2.75, 3.05) is 0 Å². The first-order valence-corrected chi connectivity index (χ1v) is 6.85. The molecule has 1 rings (SSSR count). The Kier molecular flexibility index (Phi) is 4.00. The summed E-state index contributed by atoms with van der Waals surface area (Å²) in [5.41, 5.74) is 1.15. The van der Waals surface area contributed by atoms with E-state index in [0.29, 0.717) is 0 Å². The Hall–Kier alpha value is -0.793. The Labute approximate surface area is 85.9 Å². The minimum atomic E-state index is -0.977. The Morgan fingerprint density at radius 1 is 1.31 bits per heavy atom. The summed E-state index contributed by atoms with van der Waals surface area (Å²) in [5, 5.41) is 1.23. The maximum Gasteiger partial charge on any atom is 0.204 e. The van der Waals surface area contributed by atoms with Gasteiger partial charge in [0.15, 0.2) is 0 Å². The Balaban J connectivity index is 2.97. The summed E-state index contributed by atoms with van der Waals surface area (Å²) in [6.45, 7) is 7.46. The van der Waals surface area contributed by atoms with E-state index in [2.05, 4.69) is 19.2 Å². The fraction of sp³-hybridized carbons (Fsp3) is 0.0909. The van der Waals surface area contributed by atoms with Crippen molar-refractivity contribution in [3.05, 3.63) is 49.1 Å². The van der Waals surface area contributed by atoms with Gasteiger partial charge >= 0.3 is 0 Å². The molecular formula is C11H12ClSi. The number of hydrogen-bond donors (Lipinski definition) is 0. The molecule has 0 saturated carbocycles. The molecule has 1 aromatic rings. The van der Waals surface area contributed by atoms with Gasteiger partial charge in [0.05, 0.1) is 0 Å². The molecule has 0 atom stereocenters. The molecule has 0 aromatic heterocycles. The van der Waals surface area contributed by atoms with Gasteiger partial charge in [0, 0.05) is 0 Å². The average Bonchev–Trinajstić information content (AvgIpc) is 2.18. The quantitative estimate of drug-likeness (QED) is 0.405. The van der Waals surface area contributed by atoms with E-state index >= 15 is 0 Å². The van der Waals surface area contributed by atoms with Crippen molar-refractivity contribution < 1.29 is 0 Å². The van der Waals surface area contributed by atoms with Gasteiger partial charge < -0.3 is 0 Å². The summed E-state index contributed by atoms with van der Waals surface area (Å²) in [6.07, 6.45) is 3.73. The van der Waals surface area contributed by atoms with Crippen LogP contribution >= 0.6 is 11.1 Å². The molecule has 0 nitrogen and oxygen atoms in total. The van der Waals surface area contributed by atoms with Crippen LogP contribution in [0.5, 0.6) is 0 Å². The topological polar surface area (TPSA) is 0 Å². The van der Waals surface area contributed by atoms with E-state index in [1.807, 2.05) is 30.4 Å². The van der Waals surface area contributed by atoms with Crippen LogP contribution in [0.4, 0.5) is 0 Å². The second-order valence-corrected chi connectivity index (χ2v) is 5.81. The predicted molar refractivity (Wildman–Crippen MR) is 62.8 cm³/mol. The van der Waals surface area contributed by atoms with Crippen molar-refractivity contribution in [2.24, 2.45) is 0 Å². The van der Waals surface area contributed by atoms with Crippen LogP contribution in [-0.4, -0.2) is 8.11 Å². The van der Waals surface area contributed by atoms with E-state index in [1.165, 1.54) is 5.19 Å². The summed E-state index contributed by atoms with van der Waals surface area (Å²) in [7, 11) is -0.977. The Bertz CT molecular complexity index is 307. The van der Waals surface area contributed by atoms with Crippen LogP contribution in [-0.2, 0) is 0 Å². The summed E-state index contributed by atoms with van der Waals surface area (Å²) >= 11 is 6.27. The summed E-state index contributed by atoms with van der Waals surface area (Å²) < 4.78 is 0. The van der Waals surface area contributed by atoms with Crippen LogP contribution in [0.25, 0.3) is 6.08 Å². The summed E-state index contributed by atoms with van der Waals surface area (Å²) in [6, 6.07) is 9.01. The van der Waals surface area contributed by atoms with Gasteiger partial charge in [-0.1, -0.05) is 43.0 Å². The highest BCUT2D eigenvalue weighted by Gasteiger charge is 2.11. The lowest BCUT2D eigenvalue weighted by atomic mass is 10.2. The third-order valence-corrected chi connectivity index (χ3v) is 4.56. The van der Waals surface area contributed by atoms with Gasteiger partial charge in [-0.25, -0.2) is 0 Å². The van der Waals surface area contributed by atoms with Gasteiger partial charge in [-0.2, -0.15) is 11.1 Å². The zero-order valence-corrected chi connectivity index (χ0v) is 9.22. The molecular weight excluding hydrogens is 196 g/mol. The van der Waals surface area contributed by atoms with Crippen molar-refractivity contribution >= 4 is 30.4 Å². The molecule has 0 aliphatic carbocycles. The second-order valence-electron chi connectivity index (χ2n) is 2.69. The molecule has 0 unspecified atom stereocenters. The van der Waals surface area contributed by atoms with Crippen molar-refractivity contribution in [3.63, 3.8) is 0 Å². The van der Waals surface area contributed by atoms with Crippen molar-refractivity contribution in [3.8, 4) is 0 Å². The van der Waals surface area contributed by atoms with Crippen LogP contribution in [0.15, 0.2) is 43.5 Å². The van der Waals surface area contributed by atoms with Gasteiger partial charge in [0.2, 0.25) is 8.11 Å². The molecule has 67 valence electrons. The summed E-state index contributed by atoms with van der Waals surface area (Å²) in [5.74, 6) is 0. The highest BCUT2D eigenvalue weighted by molar-refractivity contribution is 7.14. The normalized spacial score (nSPS) is 10.0. The van der Waals surface area contributed by atoms with Gasteiger partial charge in [0.1, 0.15) is 0 Å². The van der Waals surface area contributed by atoms with Crippen molar-refractivity contribution in [2.45, 2.75) is 6.04 Å². The fourth-order valence-electron chi connectivity index (χ4n) is 1.16. The summed E-state index contributed by atoms with van der Waals surface area (Å²) in [4.78, 5) is 0. The number of allylic oxidation sites excluding steroid dienone is 1. The van der Waals surface area contributed by atoms with Crippen LogP contribution in [0, 0.1) is 0 Å². The largest absolute Gasteiger partial charge is 0.204 e. The maximum absolute atomic E-state index is 6.27.